The molecule has 1 aliphatic heterocycles. The second-order valence-electron chi connectivity index (χ2n) is 6.66. The standard InChI is InChI=1S/C19H24N4O3/c1-13-3-4-16(9-14(13)2)19(25)20-10-18(24)22-17-5-7-21-23(17)11-15-6-8-26-12-15/h3-5,7,9,15H,6,8,10-12H2,1-2H3,(H,20,25)(H,22,24). The largest absolute Gasteiger partial charge is 0.381 e. The highest BCUT2D eigenvalue weighted by molar-refractivity contribution is 5.99. The Balaban J connectivity index is 1.52. The predicted molar refractivity (Wildman–Crippen MR) is 98.0 cm³/mol. The molecule has 1 aromatic carbocycles. The number of amides is 2. The van der Waals surface area contributed by atoms with Crippen molar-refractivity contribution in [1.82, 2.24) is 15.1 Å². The third-order valence-electron chi connectivity index (χ3n) is 4.62. The van der Waals surface area contributed by atoms with Gasteiger partial charge in [0.2, 0.25) is 5.91 Å². The van der Waals surface area contributed by atoms with E-state index in [1.165, 1.54) is 0 Å². The molecule has 1 aliphatic rings. The van der Waals surface area contributed by atoms with Crippen LogP contribution < -0.4 is 10.6 Å². The van der Waals surface area contributed by atoms with E-state index in [0.717, 1.165) is 30.8 Å². The van der Waals surface area contributed by atoms with E-state index >= 15 is 0 Å². The van der Waals surface area contributed by atoms with Crippen LogP contribution in [0.2, 0.25) is 0 Å². The number of benzene rings is 1. The minimum Gasteiger partial charge on any atom is -0.381 e. The number of rotatable bonds is 6. The van der Waals surface area contributed by atoms with Crippen LogP contribution in [0.3, 0.4) is 0 Å². The van der Waals surface area contributed by atoms with E-state index in [1.807, 2.05) is 26.0 Å². The summed E-state index contributed by atoms with van der Waals surface area (Å²) in [4.78, 5) is 24.4. The van der Waals surface area contributed by atoms with Gasteiger partial charge in [-0.25, -0.2) is 4.68 Å². The van der Waals surface area contributed by atoms with Crippen molar-refractivity contribution in [2.75, 3.05) is 25.1 Å². The van der Waals surface area contributed by atoms with Crippen LogP contribution in [0.5, 0.6) is 0 Å². The van der Waals surface area contributed by atoms with E-state index in [4.69, 9.17) is 4.74 Å². The molecule has 3 rings (SSSR count). The molecule has 26 heavy (non-hydrogen) atoms. The Morgan fingerprint density at radius 1 is 1.27 bits per heavy atom. The molecular weight excluding hydrogens is 332 g/mol. The van der Waals surface area contributed by atoms with Gasteiger partial charge in [0, 0.05) is 30.7 Å². The maximum atomic E-state index is 12.2. The molecule has 2 N–H and O–H groups in total. The number of carbonyl (C=O) groups excluding carboxylic acids is 2. The summed E-state index contributed by atoms with van der Waals surface area (Å²) >= 11 is 0. The van der Waals surface area contributed by atoms with Crippen molar-refractivity contribution in [2.45, 2.75) is 26.8 Å². The minimum atomic E-state index is -0.286. The van der Waals surface area contributed by atoms with Crippen LogP contribution in [0.4, 0.5) is 5.82 Å². The monoisotopic (exact) mass is 356 g/mol. The molecule has 2 aromatic rings. The van der Waals surface area contributed by atoms with Gasteiger partial charge in [0.15, 0.2) is 0 Å². The molecule has 0 saturated carbocycles. The average Bonchev–Trinajstić information content (AvgIpc) is 3.28. The summed E-state index contributed by atoms with van der Waals surface area (Å²) in [6, 6.07) is 7.23. The molecule has 7 nitrogen and oxygen atoms in total. The molecule has 0 aliphatic carbocycles. The maximum absolute atomic E-state index is 12.2. The van der Waals surface area contributed by atoms with Crippen molar-refractivity contribution in [3.05, 3.63) is 47.2 Å². The van der Waals surface area contributed by atoms with Crippen molar-refractivity contribution >= 4 is 17.6 Å². The summed E-state index contributed by atoms with van der Waals surface area (Å²) in [7, 11) is 0. The van der Waals surface area contributed by atoms with Gasteiger partial charge < -0.3 is 15.4 Å². The molecule has 138 valence electrons. The fourth-order valence-corrected chi connectivity index (χ4v) is 2.89. The smallest absolute Gasteiger partial charge is 0.251 e. The third kappa shape index (κ3) is 4.49. The first-order valence-electron chi connectivity index (χ1n) is 8.78. The quantitative estimate of drug-likeness (QED) is 0.828. The lowest BCUT2D eigenvalue weighted by atomic mass is 10.1. The summed E-state index contributed by atoms with van der Waals surface area (Å²) in [6.07, 6.45) is 2.65. The van der Waals surface area contributed by atoms with E-state index in [0.29, 0.717) is 23.8 Å². The zero-order chi connectivity index (χ0) is 18.5. The average molecular weight is 356 g/mol. The number of anilines is 1. The van der Waals surface area contributed by atoms with E-state index in [1.54, 1.807) is 23.0 Å². The highest BCUT2D eigenvalue weighted by Crippen LogP contribution is 2.17. The Bertz CT molecular complexity index is 794. The Morgan fingerprint density at radius 3 is 2.85 bits per heavy atom. The number of ether oxygens (including phenoxy) is 1. The number of aromatic nitrogens is 2. The lowest BCUT2D eigenvalue weighted by molar-refractivity contribution is -0.115. The highest BCUT2D eigenvalue weighted by Gasteiger charge is 2.18. The molecule has 0 spiro atoms. The lowest BCUT2D eigenvalue weighted by Gasteiger charge is -2.12. The molecule has 1 atom stereocenters. The molecule has 2 heterocycles. The van der Waals surface area contributed by atoms with Crippen LogP contribution in [0.15, 0.2) is 30.5 Å². The fourth-order valence-electron chi connectivity index (χ4n) is 2.89. The van der Waals surface area contributed by atoms with Crippen LogP contribution >= 0.6 is 0 Å². The van der Waals surface area contributed by atoms with Crippen LogP contribution in [-0.2, 0) is 16.1 Å². The summed E-state index contributed by atoms with van der Waals surface area (Å²) < 4.78 is 7.14. The molecule has 7 heteroatoms. The number of aryl methyl sites for hydroxylation is 2. The molecule has 1 fully saturated rings. The first-order chi connectivity index (χ1) is 12.5. The number of carbonyl (C=O) groups is 2. The summed E-state index contributed by atoms with van der Waals surface area (Å²) in [6.45, 7) is 6.05. The van der Waals surface area contributed by atoms with Gasteiger partial charge >= 0.3 is 0 Å². The Morgan fingerprint density at radius 2 is 2.12 bits per heavy atom. The molecular formula is C19H24N4O3. The first-order valence-corrected chi connectivity index (χ1v) is 8.78. The minimum absolute atomic E-state index is 0.0938. The maximum Gasteiger partial charge on any atom is 0.251 e. The summed E-state index contributed by atoms with van der Waals surface area (Å²) in [5, 5.41) is 9.70. The lowest BCUT2D eigenvalue weighted by Crippen LogP contribution is -2.33. The molecule has 1 aromatic heterocycles. The van der Waals surface area contributed by atoms with Crippen molar-refractivity contribution in [3.8, 4) is 0 Å². The SMILES string of the molecule is Cc1ccc(C(=O)NCC(=O)Nc2ccnn2CC2CCOC2)cc1C. The van der Waals surface area contributed by atoms with Crippen molar-refractivity contribution in [2.24, 2.45) is 5.92 Å². The number of hydrogen-bond donors (Lipinski definition) is 2. The van der Waals surface area contributed by atoms with E-state index < -0.39 is 0 Å². The molecule has 0 radical (unpaired) electrons. The summed E-state index contributed by atoms with van der Waals surface area (Å²) in [5.74, 6) is 0.490. The molecule has 0 bridgehead atoms. The van der Waals surface area contributed by atoms with Gasteiger partial charge in [-0.05, 0) is 43.5 Å². The van der Waals surface area contributed by atoms with Crippen molar-refractivity contribution in [1.29, 1.82) is 0 Å². The van der Waals surface area contributed by atoms with Gasteiger partial charge in [-0.15, -0.1) is 0 Å². The van der Waals surface area contributed by atoms with Crippen LogP contribution in [0.1, 0.15) is 27.9 Å². The normalized spacial score (nSPS) is 16.5. The molecule has 1 saturated heterocycles. The van der Waals surface area contributed by atoms with Crippen LogP contribution in [0, 0.1) is 19.8 Å². The second-order valence-corrected chi connectivity index (χ2v) is 6.66. The second kappa shape index (κ2) is 8.14. The van der Waals surface area contributed by atoms with E-state index in [-0.39, 0.29) is 18.4 Å². The van der Waals surface area contributed by atoms with Crippen LogP contribution in [-0.4, -0.2) is 41.4 Å². The van der Waals surface area contributed by atoms with Gasteiger partial charge in [0.05, 0.1) is 19.3 Å². The number of nitrogens with one attached hydrogen (secondary N) is 2. The van der Waals surface area contributed by atoms with Gasteiger partial charge in [-0.1, -0.05) is 6.07 Å². The number of hydrogen-bond acceptors (Lipinski definition) is 4. The highest BCUT2D eigenvalue weighted by atomic mass is 16.5. The third-order valence-corrected chi connectivity index (χ3v) is 4.62. The first kappa shape index (κ1) is 18.1. The van der Waals surface area contributed by atoms with Gasteiger partial charge in [0.1, 0.15) is 5.82 Å². The topological polar surface area (TPSA) is 85.3 Å². The van der Waals surface area contributed by atoms with Gasteiger partial charge in [-0.2, -0.15) is 5.10 Å². The van der Waals surface area contributed by atoms with Gasteiger partial charge in [-0.3, -0.25) is 9.59 Å². The van der Waals surface area contributed by atoms with Gasteiger partial charge in [0.25, 0.3) is 5.91 Å². The van der Waals surface area contributed by atoms with Crippen molar-refractivity contribution < 1.29 is 14.3 Å². The Labute approximate surface area is 152 Å². The Kier molecular flexibility index (Phi) is 5.68. The molecule has 1 unspecified atom stereocenters. The number of nitrogens with zero attached hydrogens (tertiary/aromatic N) is 2. The zero-order valence-electron chi connectivity index (χ0n) is 15.1. The Hall–Kier alpha value is -2.67. The van der Waals surface area contributed by atoms with Crippen molar-refractivity contribution in [3.63, 3.8) is 0 Å². The van der Waals surface area contributed by atoms with E-state index in [2.05, 4.69) is 15.7 Å². The molecule has 2 amide bonds. The fraction of sp³-hybridized carbons (Fsp3) is 0.421. The summed E-state index contributed by atoms with van der Waals surface area (Å²) in [5.41, 5.74) is 2.72. The van der Waals surface area contributed by atoms with Crippen LogP contribution in [0.25, 0.3) is 0 Å². The zero-order valence-corrected chi connectivity index (χ0v) is 15.1. The predicted octanol–water partition coefficient (Wildman–Crippen LogP) is 1.90. The van der Waals surface area contributed by atoms with E-state index in [9.17, 15) is 9.59 Å².